The number of aliphatic hydroxyl groups is 1. The second-order valence-electron chi connectivity index (χ2n) is 11.0. The van der Waals surface area contributed by atoms with Gasteiger partial charge in [-0.2, -0.15) is 4.98 Å². The molecule has 4 heterocycles. The fraction of sp³-hybridized carbons (Fsp3) is 0.600. The summed E-state index contributed by atoms with van der Waals surface area (Å²) in [7, 11) is -1.07. The Morgan fingerprint density at radius 2 is 1.85 bits per heavy atom. The molecule has 1 aromatic carbocycles. The summed E-state index contributed by atoms with van der Waals surface area (Å²) in [5, 5.41) is 14.4. The van der Waals surface area contributed by atoms with Crippen molar-refractivity contribution in [1.29, 1.82) is 0 Å². The fourth-order valence-corrected chi connectivity index (χ4v) is 8.61. The molecule has 1 aromatic heterocycles. The Balaban J connectivity index is 1.21. The van der Waals surface area contributed by atoms with Crippen molar-refractivity contribution in [2.75, 3.05) is 35.7 Å². The van der Waals surface area contributed by atoms with Crippen LogP contribution in [-0.4, -0.2) is 50.3 Å². The van der Waals surface area contributed by atoms with Crippen molar-refractivity contribution < 1.29 is 9.32 Å². The maximum absolute atomic E-state index is 13.1. The van der Waals surface area contributed by atoms with Gasteiger partial charge in [0, 0.05) is 29.3 Å². The number of hydrogen-bond acceptors (Lipinski definition) is 6. The second-order valence-corrected chi connectivity index (χ2v) is 12.8. The number of fused-ring (bicyclic) bond motifs is 4. The van der Waals surface area contributed by atoms with Crippen molar-refractivity contribution in [3.05, 3.63) is 40.5 Å². The minimum atomic E-state index is -1.07. The first kappa shape index (κ1) is 20.7. The first-order valence-electron chi connectivity index (χ1n) is 12.2. The van der Waals surface area contributed by atoms with Gasteiger partial charge >= 0.3 is 0 Å². The highest BCUT2D eigenvalue weighted by Gasteiger charge is 2.56. The van der Waals surface area contributed by atoms with Crippen molar-refractivity contribution >= 4 is 34.2 Å². The molecule has 5 fully saturated rings. The monoisotopic (exact) mass is 484 g/mol. The zero-order chi connectivity index (χ0) is 22.4. The Bertz CT molecular complexity index is 1130. The number of halogens is 1. The highest BCUT2D eigenvalue weighted by Crippen LogP contribution is 2.57. The van der Waals surface area contributed by atoms with Crippen LogP contribution in [0, 0.1) is 11.8 Å². The molecule has 2 unspecified atom stereocenters. The number of piperidine rings is 2. The van der Waals surface area contributed by atoms with Gasteiger partial charge in [0.25, 0.3) is 0 Å². The molecule has 3 aliphatic heterocycles. The number of rotatable bonds is 5. The second kappa shape index (κ2) is 7.15. The van der Waals surface area contributed by atoms with E-state index in [0.717, 1.165) is 66.8 Å². The molecule has 0 radical (unpaired) electrons. The fourth-order valence-electron chi connectivity index (χ4n) is 6.62. The van der Waals surface area contributed by atoms with Crippen LogP contribution < -0.4 is 10.2 Å². The zero-order valence-corrected chi connectivity index (χ0v) is 20.2. The van der Waals surface area contributed by atoms with Gasteiger partial charge in [-0.05, 0) is 74.0 Å². The molecule has 8 heteroatoms. The lowest BCUT2D eigenvalue weighted by molar-refractivity contribution is 0.110. The van der Waals surface area contributed by atoms with Gasteiger partial charge in [-0.3, -0.25) is 4.21 Å². The van der Waals surface area contributed by atoms with Crippen LogP contribution in [0.2, 0.25) is 5.02 Å². The Morgan fingerprint density at radius 1 is 1.12 bits per heavy atom. The molecule has 1 spiro atoms. The van der Waals surface area contributed by atoms with E-state index >= 15 is 0 Å². The van der Waals surface area contributed by atoms with Crippen molar-refractivity contribution in [1.82, 2.24) is 9.97 Å². The molecule has 33 heavy (non-hydrogen) atoms. The lowest BCUT2D eigenvalue weighted by atomic mass is 9.59. The molecule has 174 valence electrons. The predicted molar refractivity (Wildman–Crippen MR) is 130 cm³/mol. The van der Waals surface area contributed by atoms with Crippen LogP contribution in [0.1, 0.15) is 55.7 Å². The van der Waals surface area contributed by atoms with Gasteiger partial charge in [0.1, 0.15) is 10.7 Å². The molecule has 2 bridgehead atoms. The third kappa shape index (κ3) is 3.11. The summed E-state index contributed by atoms with van der Waals surface area (Å²) < 4.78 is 13.1. The molecular weight excluding hydrogens is 456 g/mol. The SMILES string of the molecule is O=[S@]1CC2(CC2)c2nc(N3CC4CC(C3)C4c3ccc(Cl)cc3)nc(NC3(CO)CCC3)c21. The topological polar surface area (TPSA) is 78.4 Å². The summed E-state index contributed by atoms with van der Waals surface area (Å²) in [4.78, 5) is 13.2. The van der Waals surface area contributed by atoms with E-state index in [9.17, 15) is 9.32 Å². The Morgan fingerprint density at radius 3 is 2.45 bits per heavy atom. The van der Waals surface area contributed by atoms with Crippen molar-refractivity contribution in [2.45, 2.75) is 60.3 Å². The van der Waals surface area contributed by atoms with Gasteiger partial charge in [0.2, 0.25) is 5.95 Å². The van der Waals surface area contributed by atoms with E-state index in [-0.39, 0.29) is 17.6 Å². The summed E-state index contributed by atoms with van der Waals surface area (Å²) >= 11 is 6.10. The van der Waals surface area contributed by atoms with E-state index in [1.807, 2.05) is 12.1 Å². The molecular formula is C25H29ClN4O2S. The number of benzene rings is 1. The number of hydrogen-bond donors (Lipinski definition) is 2. The number of aromatic nitrogens is 2. The minimum Gasteiger partial charge on any atom is -0.394 e. The zero-order valence-electron chi connectivity index (χ0n) is 18.6. The van der Waals surface area contributed by atoms with Crippen LogP contribution in [0.15, 0.2) is 29.2 Å². The number of nitrogens with zero attached hydrogens (tertiary/aromatic N) is 3. The Hall–Kier alpha value is -1.70. The number of nitrogens with one attached hydrogen (secondary N) is 1. The van der Waals surface area contributed by atoms with Crippen molar-refractivity contribution in [2.24, 2.45) is 11.8 Å². The largest absolute Gasteiger partial charge is 0.394 e. The van der Waals surface area contributed by atoms with Crippen molar-refractivity contribution in [3.8, 4) is 0 Å². The predicted octanol–water partition coefficient (Wildman–Crippen LogP) is 3.85. The van der Waals surface area contributed by atoms with Gasteiger partial charge in [0.15, 0.2) is 0 Å². The molecule has 8 rings (SSSR count). The molecule has 2 saturated heterocycles. The third-order valence-electron chi connectivity index (χ3n) is 8.91. The Kier molecular flexibility index (Phi) is 4.48. The summed E-state index contributed by atoms with van der Waals surface area (Å²) in [5.74, 6) is 3.93. The average Bonchev–Trinajstić information content (AvgIpc) is 3.51. The van der Waals surface area contributed by atoms with E-state index in [1.165, 1.54) is 12.0 Å². The van der Waals surface area contributed by atoms with Gasteiger partial charge in [-0.1, -0.05) is 23.7 Å². The molecule has 0 amide bonds. The molecule has 2 aromatic rings. The number of aliphatic hydroxyl groups excluding tert-OH is 1. The van der Waals surface area contributed by atoms with Crippen LogP contribution in [-0.2, 0) is 16.2 Å². The van der Waals surface area contributed by atoms with E-state index in [0.29, 0.717) is 29.3 Å². The lowest BCUT2D eigenvalue weighted by Gasteiger charge is -2.54. The molecule has 6 aliphatic rings. The van der Waals surface area contributed by atoms with E-state index < -0.39 is 10.8 Å². The maximum Gasteiger partial charge on any atom is 0.227 e. The average molecular weight is 485 g/mol. The molecule has 3 atom stereocenters. The molecule has 6 nitrogen and oxygen atoms in total. The van der Waals surface area contributed by atoms with Gasteiger partial charge < -0.3 is 15.3 Å². The first-order valence-corrected chi connectivity index (χ1v) is 13.9. The quantitative estimate of drug-likeness (QED) is 0.671. The standard InChI is InChI=1S/C25H29ClN4O2S/c26-18-4-2-15(3-5-18)19-16-10-17(19)12-30(11-16)23-27-21-20(33(32)14-24(21)8-9-24)22(28-23)29-25(13-31)6-1-7-25/h2-5,16-17,19,31H,1,6-14H2,(H,27,28,29)/t16?,17?,19?,33-/m0/s1. The van der Waals surface area contributed by atoms with Gasteiger partial charge in [-0.25, -0.2) is 4.98 Å². The van der Waals surface area contributed by atoms with E-state index in [2.05, 4.69) is 22.3 Å². The summed E-state index contributed by atoms with van der Waals surface area (Å²) in [6.07, 6.45) is 6.33. The maximum atomic E-state index is 13.1. The molecule has 3 saturated carbocycles. The van der Waals surface area contributed by atoms with Crippen LogP contribution >= 0.6 is 11.6 Å². The Labute approximate surface area is 201 Å². The van der Waals surface area contributed by atoms with Crippen molar-refractivity contribution in [3.63, 3.8) is 0 Å². The summed E-state index contributed by atoms with van der Waals surface area (Å²) in [5.41, 5.74) is 2.06. The van der Waals surface area contributed by atoms with Crippen LogP contribution in [0.25, 0.3) is 0 Å². The van der Waals surface area contributed by atoms with E-state index in [4.69, 9.17) is 21.6 Å². The molecule has 3 aliphatic carbocycles. The highest BCUT2D eigenvalue weighted by molar-refractivity contribution is 7.85. The molecule has 2 N–H and O–H groups in total. The first-order chi connectivity index (χ1) is 16.0. The highest BCUT2D eigenvalue weighted by atomic mass is 35.5. The normalized spacial score (nSPS) is 32.1. The van der Waals surface area contributed by atoms with E-state index in [1.54, 1.807) is 0 Å². The minimum absolute atomic E-state index is 0.00907. The van der Waals surface area contributed by atoms with Gasteiger partial charge in [0.05, 0.1) is 28.6 Å². The van der Waals surface area contributed by atoms with Crippen LogP contribution in [0.3, 0.4) is 0 Å². The number of anilines is 2. The van der Waals surface area contributed by atoms with Crippen LogP contribution in [0.4, 0.5) is 11.8 Å². The third-order valence-corrected chi connectivity index (χ3v) is 10.8. The summed E-state index contributed by atoms with van der Waals surface area (Å²) in [6.45, 7) is 1.97. The van der Waals surface area contributed by atoms with Crippen LogP contribution in [0.5, 0.6) is 0 Å². The van der Waals surface area contributed by atoms with Gasteiger partial charge in [-0.15, -0.1) is 0 Å². The smallest absolute Gasteiger partial charge is 0.227 e. The lowest BCUT2D eigenvalue weighted by Crippen LogP contribution is -2.54. The summed E-state index contributed by atoms with van der Waals surface area (Å²) in [6, 6.07) is 8.34.